The molecule has 1 aliphatic rings. The maximum atomic E-state index is 11.4. The van der Waals surface area contributed by atoms with Crippen molar-refractivity contribution in [2.45, 2.75) is 57.4 Å². The number of nitrogens with one attached hydrogen (secondary N) is 1. The molecule has 2 aromatic carbocycles. The monoisotopic (exact) mass is 431 g/mol. The molecule has 1 aliphatic carbocycles. The van der Waals surface area contributed by atoms with Crippen LogP contribution in [0.1, 0.15) is 56.1 Å². The average Bonchev–Trinajstić information content (AvgIpc) is 2.80. The predicted molar refractivity (Wildman–Crippen MR) is 126 cm³/mol. The van der Waals surface area contributed by atoms with Gasteiger partial charge in [0.25, 0.3) is 0 Å². The van der Waals surface area contributed by atoms with Crippen LogP contribution in [0.4, 0.5) is 0 Å². The van der Waals surface area contributed by atoms with Crippen LogP contribution >= 0.6 is 11.6 Å². The lowest BCUT2D eigenvalue weighted by molar-refractivity contribution is -0.122. The number of nitrogens with zero attached hydrogens (tertiary/aromatic N) is 1. The van der Waals surface area contributed by atoms with Crippen molar-refractivity contribution in [3.05, 3.63) is 75.7 Å². The average molecular weight is 432 g/mol. The van der Waals surface area contributed by atoms with Gasteiger partial charge in [-0.15, -0.1) is 4.91 Å². The summed E-state index contributed by atoms with van der Waals surface area (Å²) in [4.78, 5) is 21.9. The number of nitrogens with two attached hydrogens (primary N) is 1. The van der Waals surface area contributed by atoms with E-state index >= 15 is 0 Å². The molecule has 1 unspecified atom stereocenters. The number of carbonyl (C=O) groups excluding carboxylic acids is 1. The molecule has 164 valence electrons. The summed E-state index contributed by atoms with van der Waals surface area (Å²) >= 11 is 5.96. The normalized spacial score (nSPS) is 14.3. The minimum Gasteiger partial charge on any atom is -0.354 e. The van der Waals surface area contributed by atoms with E-state index in [1.807, 2.05) is 43.3 Å². The maximum Gasteiger partial charge on any atom is 0.248 e. The number of rotatable bonds is 6. The highest BCUT2D eigenvalue weighted by atomic mass is 35.5. The fourth-order valence-electron chi connectivity index (χ4n) is 3.50. The van der Waals surface area contributed by atoms with Gasteiger partial charge < -0.3 is 11.1 Å². The van der Waals surface area contributed by atoms with Gasteiger partial charge in [0.05, 0.1) is 0 Å². The minimum atomic E-state index is -0.827. The summed E-state index contributed by atoms with van der Waals surface area (Å²) in [5.74, 6) is 0.462. The smallest absolute Gasteiger partial charge is 0.248 e. The van der Waals surface area contributed by atoms with Crippen molar-refractivity contribution in [1.82, 2.24) is 5.32 Å². The number of carbonyl (C=O) groups is 1. The van der Waals surface area contributed by atoms with Crippen molar-refractivity contribution in [1.29, 1.82) is 0 Å². The summed E-state index contributed by atoms with van der Waals surface area (Å²) in [5.41, 5.74) is 6.88. The fourth-order valence-corrected chi connectivity index (χ4v) is 3.70. The van der Waals surface area contributed by atoms with Gasteiger partial charge in [-0.1, -0.05) is 78.5 Å². The maximum absolute atomic E-state index is 11.4. The lowest BCUT2D eigenvalue weighted by atomic mass is 9.84. The number of halogens is 1. The predicted octanol–water partition coefficient (Wildman–Crippen LogP) is 5.46. The number of likely N-dealkylation sites (N-methyl/N-ethyl adjacent to an activating group) is 1. The van der Waals surface area contributed by atoms with Gasteiger partial charge >= 0.3 is 0 Å². The van der Waals surface area contributed by atoms with Crippen molar-refractivity contribution in [3.8, 4) is 0 Å². The standard InChI is InChI=1S/C12H15Cl.C11H14N2O2.CH5N/c13-12-8-4-7-11(9-12)10-5-2-1-3-6-10;1-2-12-11(14)10(13-15)8-9-6-4-3-5-7-9;1-2/h4,7-10H,1-3,5-6H2;3-7,10H,2,8H2,1H3,(H,12,14);2H2,1H3. The Morgan fingerprint density at radius 1 is 1.10 bits per heavy atom. The molecule has 3 N–H and O–H groups in total. The van der Waals surface area contributed by atoms with Crippen LogP contribution in [0.3, 0.4) is 0 Å². The summed E-state index contributed by atoms with van der Waals surface area (Å²) < 4.78 is 0. The minimum absolute atomic E-state index is 0.309. The third-order valence-corrected chi connectivity index (χ3v) is 5.21. The van der Waals surface area contributed by atoms with E-state index < -0.39 is 6.04 Å². The molecule has 3 rings (SSSR count). The van der Waals surface area contributed by atoms with Gasteiger partial charge in [0, 0.05) is 18.0 Å². The molecule has 1 fully saturated rings. The molecule has 6 heteroatoms. The Morgan fingerprint density at radius 2 is 1.77 bits per heavy atom. The van der Waals surface area contributed by atoms with Gasteiger partial charge in [-0.05, 0) is 56.0 Å². The van der Waals surface area contributed by atoms with Crippen molar-refractivity contribution >= 4 is 17.5 Å². The van der Waals surface area contributed by atoms with E-state index in [9.17, 15) is 9.70 Å². The highest BCUT2D eigenvalue weighted by Crippen LogP contribution is 2.33. The quantitative estimate of drug-likeness (QED) is 0.595. The number of benzene rings is 2. The van der Waals surface area contributed by atoms with Gasteiger partial charge in [0.2, 0.25) is 5.91 Å². The van der Waals surface area contributed by atoms with Gasteiger partial charge in [-0.3, -0.25) is 4.79 Å². The summed E-state index contributed by atoms with van der Waals surface area (Å²) in [6.07, 6.45) is 7.24. The van der Waals surface area contributed by atoms with Crippen LogP contribution in [-0.2, 0) is 11.2 Å². The molecule has 0 saturated heterocycles. The lowest BCUT2D eigenvalue weighted by Crippen LogP contribution is -2.34. The molecule has 1 saturated carbocycles. The van der Waals surface area contributed by atoms with Crippen molar-refractivity contribution in [2.24, 2.45) is 10.9 Å². The third-order valence-electron chi connectivity index (χ3n) is 4.98. The van der Waals surface area contributed by atoms with E-state index in [1.54, 1.807) is 0 Å². The zero-order chi connectivity index (χ0) is 22.2. The Kier molecular flexibility index (Phi) is 13.4. The number of hydrogen-bond donors (Lipinski definition) is 2. The Bertz CT molecular complexity index is 734. The molecule has 0 heterocycles. The first-order valence-corrected chi connectivity index (χ1v) is 11.0. The molecule has 0 radical (unpaired) electrons. The molecule has 0 aromatic heterocycles. The largest absolute Gasteiger partial charge is 0.354 e. The third kappa shape index (κ3) is 9.51. The van der Waals surface area contributed by atoms with E-state index in [0.29, 0.717) is 13.0 Å². The van der Waals surface area contributed by atoms with Crippen LogP contribution in [0, 0.1) is 4.91 Å². The Balaban J connectivity index is 0.000000279. The molecule has 2 aromatic rings. The highest BCUT2D eigenvalue weighted by Gasteiger charge is 2.18. The van der Waals surface area contributed by atoms with Crippen LogP contribution in [0.25, 0.3) is 0 Å². The molecule has 0 aliphatic heterocycles. The van der Waals surface area contributed by atoms with Gasteiger partial charge in [0.1, 0.15) is 0 Å². The number of hydrogen-bond acceptors (Lipinski definition) is 4. The van der Waals surface area contributed by atoms with Crippen LogP contribution in [0.2, 0.25) is 5.02 Å². The fraction of sp³-hybridized carbons (Fsp3) is 0.458. The van der Waals surface area contributed by atoms with E-state index in [-0.39, 0.29) is 5.91 Å². The second-order valence-corrected chi connectivity index (χ2v) is 7.53. The molecular weight excluding hydrogens is 398 g/mol. The van der Waals surface area contributed by atoms with Gasteiger partial charge in [-0.2, -0.15) is 0 Å². The first-order chi connectivity index (χ1) is 14.6. The lowest BCUT2D eigenvalue weighted by Gasteiger charge is -2.21. The zero-order valence-electron chi connectivity index (χ0n) is 18.0. The molecule has 0 bridgehead atoms. The van der Waals surface area contributed by atoms with Crippen LogP contribution in [-0.4, -0.2) is 25.5 Å². The Labute approximate surface area is 185 Å². The SMILES string of the molecule is CCNC(=O)C(Cc1ccccc1)N=O.CN.Clc1cccc(C2CCCCC2)c1. The molecule has 0 spiro atoms. The Hall–Kier alpha value is -2.24. The van der Waals surface area contributed by atoms with E-state index in [1.165, 1.54) is 44.7 Å². The van der Waals surface area contributed by atoms with Gasteiger partial charge in [0.15, 0.2) is 6.04 Å². The first-order valence-electron chi connectivity index (χ1n) is 10.6. The second-order valence-electron chi connectivity index (χ2n) is 7.10. The molecule has 30 heavy (non-hydrogen) atoms. The summed E-state index contributed by atoms with van der Waals surface area (Å²) in [6, 6.07) is 16.9. The van der Waals surface area contributed by atoms with Gasteiger partial charge in [-0.25, -0.2) is 0 Å². The molecule has 5 nitrogen and oxygen atoms in total. The molecule has 1 amide bonds. The van der Waals surface area contributed by atoms with Crippen LogP contribution in [0.15, 0.2) is 59.8 Å². The van der Waals surface area contributed by atoms with Crippen molar-refractivity contribution < 1.29 is 4.79 Å². The highest BCUT2D eigenvalue weighted by molar-refractivity contribution is 6.30. The number of amides is 1. The van der Waals surface area contributed by atoms with Crippen molar-refractivity contribution in [2.75, 3.05) is 13.6 Å². The summed E-state index contributed by atoms with van der Waals surface area (Å²) in [6.45, 7) is 2.32. The van der Waals surface area contributed by atoms with Crippen LogP contribution < -0.4 is 11.1 Å². The Morgan fingerprint density at radius 3 is 2.33 bits per heavy atom. The van der Waals surface area contributed by atoms with Crippen LogP contribution in [0.5, 0.6) is 0 Å². The molecule has 1 atom stereocenters. The zero-order valence-corrected chi connectivity index (χ0v) is 18.8. The second kappa shape index (κ2) is 15.6. The molecular formula is C24H34ClN3O2. The van der Waals surface area contributed by atoms with E-state index in [2.05, 4.69) is 34.4 Å². The first kappa shape index (κ1) is 25.8. The van der Waals surface area contributed by atoms with Crippen molar-refractivity contribution in [3.63, 3.8) is 0 Å². The summed E-state index contributed by atoms with van der Waals surface area (Å²) in [5, 5.41) is 6.30. The topological polar surface area (TPSA) is 84.5 Å². The number of nitroso groups, excluding NO2 is 1. The van der Waals surface area contributed by atoms with E-state index in [4.69, 9.17) is 11.6 Å². The summed E-state index contributed by atoms with van der Waals surface area (Å²) in [7, 11) is 1.50. The van der Waals surface area contributed by atoms with E-state index in [0.717, 1.165) is 16.5 Å².